The van der Waals surface area contributed by atoms with Crippen LogP contribution in [0.4, 0.5) is 0 Å². The van der Waals surface area contributed by atoms with E-state index in [1.165, 1.54) is 0 Å². The molecule has 1 fully saturated rings. The van der Waals surface area contributed by atoms with Crippen molar-refractivity contribution in [3.8, 4) is 5.75 Å². The summed E-state index contributed by atoms with van der Waals surface area (Å²) in [6, 6.07) is 5.98. The van der Waals surface area contributed by atoms with Crippen molar-refractivity contribution in [3.63, 3.8) is 0 Å². The molecule has 1 aliphatic heterocycles. The third-order valence-electron chi connectivity index (χ3n) is 2.64. The van der Waals surface area contributed by atoms with Gasteiger partial charge in [0.05, 0.1) is 7.11 Å². The van der Waals surface area contributed by atoms with Crippen LogP contribution in [0.25, 0.3) is 0 Å². The molecule has 1 aromatic rings. The fourth-order valence-corrected chi connectivity index (χ4v) is 1.62. The Morgan fingerprint density at radius 2 is 2.12 bits per heavy atom. The van der Waals surface area contributed by atoms with Crippen molar-refractivity contribution in [3.05, 3.63) is 29.3 Å². The number of nitrogens with one attached hydrogen (secondary N) is 1. The average Bonchev–Trinajstić information content (AvgIpc) is 3.15. The predicted molar refractivity (Wildman–Crippen MR) is 69.8 cm³/mol. The SMILES string of the molecule is CC.COc1ccc(C(=O)CC2CN2)cc1C. The maximum Gasteiger partial charge on any atom is 0.164 e. The summed E-state index contributed by atoms with van der Waals surface area (Å²) < 4.78 is 5.15. The number of ketones is 1. The summed E-state index contributed by atoms with van der Waals surface area (Å²) >= 11 is 0. The Labute approximate surface area is 103 Å². The maximum absolute atomic E-state index is 11.8. The van der Waals surface area contributed by atoms with E-state index in [0.29, 0.717) is 12.5 Å². The van der Waals surface area contributed by atoms with E-state index < -0.39 is 0 Å². The smallest absolute Gasteiger partial charge is 0.164 e. The van der Waals surface area contributed by atoms with Crippen LogP contribution in [0.15, 0.2) is 18.2 Å². The van der Waals surface area contributed by atoms with E-state index in [1.807, 2.05) is 39.0 Å². The van der Waals surface area contributed by atoms with Gasteiger partial charge in [-0.05, 0) is 30.7 Å². The Bertz CT molecular complexity index is 384. The minimum atomic E-state index is 0.204. The van der Waals surface area contributed by atoms with E-state index in [9.17, 15) is 4.79 Å². The van der Waals surface area contributed by atoms with Crippen molar-refractivity contribution >= 4 is 5.78 Å². The van der Waals surface area contributed by atoms with Crippen molar-refractivity contribution in [2.24, 2.45) is 0 Å². The van der Waals surface area contributed by atoms with Crippen LogP contribution in [0, 0.1) is 6.92 Å². The molecule has 3 nitrogen and oxygen atoms in total. The maximum atomic E-state index is 11.8. The summed E-state index contributed by atoms with van der Waals surface area (Å²) in [4.78, 5) is 11.8. The zero-order chi connectivity index (χ0) is 12.8. The summed E-state index contributed by atoms with van der Waals surface area (Å²) in [5, 5.41) is 3.13. The van der Waals surface area contributed by atoms with Gasteiger partial charge in [0.1, 0.15) is 5.75 Å². The monoisotopic (exact) mass is 235 g/mol. The number of hydrogen-bond acceptors (Lipinski definition) is 3. The first kappa shape index (κ1) is 13.7. The lowest BCUT2D eigenvalue weighted by atomic mass is 10.0. The van der Waals surface area contributed by atoms with Crippen LogP contribution in [-0.2, 0) is 0 Å². The summed E-state index contributed by atoms with van der Waals surface area (Å²) in [7, 11) is 1.64. The van der Waals surface area contributed by atoms with Crippen LogP contribution in [-0.4, -0.2) is 25.5 Å². The highest BCUT2D eigenvalue weighted by molar-refractivity contribution is 5.97. The molecule has 94 valence electrons. The third kappa shape index (κ3) is 3.86. The first-order valence-electron chi connectivity index (χ1n) is 6.12. The van der Waals surface area contributed by atoms with Gasteiger partial charge in [-0.2, -0.15) is 0 Å². The molecule has 0 aromatic heterocycles. The van der Waals surface area contributed by atoms with Gasteiger partial charge >= 0.3 is 0 Å². The van der Waals surface area contributed by atoms with Gasteiger partial charge < -0.3 is 10.1 Å². The van der Waals surface area contributed by atoms with E-state index in [0.717, 1.165) is 23.4 Å². The first-order chi connectivity index (χ1) is 8.20. The van der Waals surface area contributed by atoms with Gasteiger partial charge in [0, 0.05) is 24.6 Å². The molecule has 1 unspecified atom stereocenters. The van der Waals surface area contributed by atoms with Crippen LogP contribution in [0.5, 0.6) is 5.75 Å². The molecule has 1 N–H and O–H groups in total. The quantitative estimate of drug-likeness (QED) is 0.644. The molecule has 1 aliphatic rings. The van der Waals surface area contributed by atoms with Crippen LogP contribution < -0.4 is 10.1 Å². The molecule has 0 saturated carbocycles. The number of carbonyl (C=O) groups is 1. The summed E-state index contributed by atoms with van der Waals surface area (Å²) in [6.07, 6.45) is 0.603. The Hall–Kier alpha value is -1.35. The second-order valence-corrected chi connectivity index (χ2v) is 3.92. The minimum Gasteiger partial charge on any atom is -0.496 e. The van der Waals surface area contributed by atoms with Gasteiger partial charge in [-0.3, -0.25) is 4.79 Å². The van der Waals surface area contributed by atoms with Gasteiger partial charge in [-0.1, -0.05) is 13.8 Å². The number of benzene rings is 1. The van der Waals surface area contributed by atoms with E-state index in [1.54, 1.807) is 7.11 Å². The zero-order valence-electron chi connectivity index (χ0n) is 11.0. The molecule has 0 spiro atoms. The van der Waals surface area contributed by atoms with E-state index in [2.05, 4.69) is 5.32 Å². The molecule has 2 rings (SSSR count). The fourth-order valence-electron chi connectivity index (χ4n) is 1.62. The number of ether oxygens (including phenoxy) is 1. The number of methoxy groups -OCH3 is 1. The van der Waals surface area contributed by atoms with E-state index >= 15 is 0 Å². The number of hydrogen-bond donors (Lipinski definition) is 1. The molecule has 0 radical (unpaired) electrons. The second kappa shape index (κ2) is 6.40. The van der Waals surface area contributed by atoms with Gasteiger partial charge in [0.2, 0.25) is 0 Å². The zero-order valence-corrected chi connectivity index (χ0v) is 11.0. The highest BCUT2D eigenvalue weighted by atomic mass is 16.5. The van der Waals surface area contributed by atoms with E-state index in [4.69, 9.17) is 4.74 Å². The number of Topliss-reactive ketones (excluding diaryl/α,β-unsaturated/α-hetero) is 1. The summed E-state index contributed by atoms with van der Waals surface area (Å²) in [5.41, 5.74) is 1.79. The highest BCUT2D eigenvalue weighted by Crippen LogP contribution is 2.20. The molecule has 1 atom stereocenters. The summed E-state index contributed by atoms with van der Waals surface area (Å²) in [5.74, 6) is 1.03. The normalized spacial score (nSPS) is 16.8. The van der Waals surface area contributed by atoms with Gasteiger partial charge in [-0.25, -0.2) is 0 Å². The van der Waals surface area contributed by atoms with Crippen molar-refractivity contribution in [1.82, 2.24) is 5.32 Å². The predicted octanol–water partition coefficient (Wildman–Crippen LogP) is 2.57. The van der Waals surface area contributed by atoms with Crippen LogP contribution in [0.1, 0.15) is 36.2 Å². The fraction of sp³-hybridized carbons (Fsp3) is 0.500. The topological polar surface area (TPSA) is 48.2 Å². The largest absolute Gasteiger partial charge is 0.496 e. The van der Waals surface area contributed by atoms with Gasteiger partial charge in [0.25, 0.3) is 0 Å². The van der Waals surface area contributed by atoms with Gasteiger partial charge in [0.15, 0.2) is 5.78 Å². The first-order valence-corrected chi connectivity index (χ1v) is 6.12. The van der Waals surface area contributed by atoms with Crippen molar-refractivity contribution < 1.29 is 9.53 Å². The number of aryl methyl sites for hydroxylation is 1. The van der Waals surface area contributed by atoms with Crippen molar-refractivity contribution in [2.75, 3.05) is 13.7 Å². The Balaban J connectivity index is 0.000000686. The molecule has 1 heterocycles. The molecule has 0 amide bonds. The van der Waals surface area contributed by atoms with Crippen LogP contribution in [0.2, 0.25) is 0 Å². The molecule has 17 heavy (non-hydrogen) atoms. The van der Waals surface area contributed by atoms with Crippen molar-refractivity contribution in [2.45, 2.75) is 33.2 Å². The average molecular weight is 235 g/mol. The Morgan fingerprint density at radius 1 is 1.47 bits per heavy atom. The lowest BCUT2D eigenvalue weighted by molar-refractivity contribution is 0.0982. The van der Waals surface area contributed by atoms with Crippen LogP contribution >= 0.6 is 0 Å². The second-order valence-electron chi connectivity index (χ2n) is 3.92. The Kier molecular flexibility index (Phi) is 5.16. The minimum absolute atomic E-state index is 0.204. The highest BCUT2D eigenvalue weighted by Gasteiger charge is 2.23. The van der Waals surface area contributed by atoms with Gasteiger partial charge in [-0.15, -0.1) is 0 Å². The standard InChI is InChI=1S/C12H15NO2.C2H6/c1-8-5-9(3-4-12(8)15-2)11(14)6-10-7-13-10;1-2/h3-5,10,13H,6-7H2,1-2H3;1-2H3. The van der Waals surface area contributed by atoms with E-state index in [-0.39, 0.29) is 5.78 Å². The van der Waals surface area contributed by atoms with Crippen molar-refractivity contribution in [1.29, 1.82) is 0 Å². The molecule has 1 aromatic carbocycles. The molecule has 3 heteroatoms. The molecule has 1 saturated heterocycles. The molecule has 0 aliphatic carbocycles. The van der Waals surface area contributed by atoms with Crippen LogP contribution in [0.3, 0.4) is 0 Å². The number of rotatable bonds is 4. The lowest BCUT2D eigenvalue weighted by Crippen LogP contribution is -2.05. The Morgan fingerprint density at radius 3 is 2.59 bits per heavy atom. The molecular formula is C14H21NO2. The lowest BCUT2D eigenvalue weighted by Gasteiger charge is -2.06. The number of carbonyl (C=O) groups excluding carboxylic acids is 1. The molecule has 0 bridgehead atoms. The molecular weight excluding hydrogens is 214 g/mol. The summed E-state index contributed by atoms with van der Waals surface area (Å²) in [6.45, 7) is 6.92. The third-order valence-corrected chi connectivity index (χ3v) is 2.64.